The molecule has 6 rings (SSSR count). The smallest absolute Gasteiger partial charge is 0.325 e. The van der Waals surface area contributed by atoms with E-state index in [1.54, 1.807) is 47.1 Å². The third kappa shape index (κ3) is 7.43. The van der Waals surface area contributed by atoms with E-state index in [-0.39, 0.29) is 35.1 Å². The molecule has 2 aliphatic rings. The summed E-state index contributed by atoms with van der Waals surface area (Å²) in [6, 6.07) is 12.5. The molecule has 2 saturated heterocycles. The summed E-state index contributed by atoms with van der Waals surface area (Å²) in [6.45, 7) is 5.49. The van der Waals surface area contributed by atoms with Crippen molar-refractivity contribution < 1.29 is 28.8 Å². The number of aryl methyl sites for hydroxylation is 1. The van der Waals surface area contributed by atoms with E-state index in [4.69, 9.17) is 16.7 Å². The lowest BCUT2D eigenvalue weighted by molar-refractivity contribution is -0.895. The van der Waals surface area contributed by atoms with E-state index >= 15 is 0 Å². The molecule has 2 fully saturated rings. The van der Waals surface area contributed by atoms with Gasteiger partial charge in [0, 0.05) is 69.4 Å². The van der Waals surface area contributed by atoms with Crippen molar-refractivity contribution in [1.29, 1.82) is 0 Å². The summed E-state index contributed by atoms with van der Waals surface area (Å²) in [5, 5.41) is 16.4. The number of aromatic nitrogens is 4. The van der Waals surface area contributed by atoms with Gasteiger partial charge in [0.2, 0.25) is 5.91 Å². The Morgan fingerprint density at radius 2 is 1.60 bits per heavy atom. The summed E-state index contributed by atoms with van der Waals surface area (Å²) < 4.78 is 4.04. The zero-order chi connectivity index (χ0) is 35.7. The Bertz CT molecular complexity index is 1930. The lowest BCUT2D eigenvalue weighted by Gasteiger charge is -2.40. The molecule has 3 amide bonds. The quantitative estimate of drug-likeness (QED) is 0.264. The Morgan fingerprint density at radius 3 is 2.24 bits per heavy atom. The minimum atomic E-state index is -0.964. The summed E-state index contributed by atoms with van der Waals surface area (Å²) in [7, 11) is 6.15. The maximum Gasteiger partial charge on any atom is 0.325 e. The molecule has 0 radical (unpaired) electrons. The average Bonchev–Trinajstić information content (AvgIpc) is 3.65. The van der Waals surface area contributed by atoms with Gasteiger partial charge in [-0.3, -0.25) is 23.9 Å². The van der Waals surface area contributed by atoms with Crippen LogP contribution < -0.4 is 5.32 Å². The van der Waals surface area contributed by atoms with Crippen LogP contribution in [0.3, 0.4) is 0 Å². The maximum atomic E-state index is 13.4. The second kappa shape index (κ2) is 14.1. The predicted octanol–water partition coefficient (Wildman–Crippen LogP) is 4.02. The summed E-state index contributed by atoms with van der Waals surface area (Å²) in [5.74, 6) is -1.16. The Kier molecular flexibility index (Phi) is 9.81. The highest BCUT2D eigenvalue weighted by molar-refractivity contribution is 6.34. The number of likely N-dealkylation sites (tertiary alicyclic amines) is 1. The highest BCUT2D eigenvalue weighted by Crippen LogP contribution is 2.29. The largest absolute Gasteiger partial charge is 0.480 e. The van der Waals surface area contributed by atoms with Gasteiger partial charge in [-0.1, -0.05) is 35.9 Å². The first kappa shape index (κ1) is 34.8. The Balaban J connectivity index is 1.05. The average molecular weight is 702 g/mol. The number of nitrogens with zero attached hydrogens (tertiary/aromatic N) is 7. The summed E-state index contributed by atoms with van der Waals surface area (Å²) >= 11 is 6.57. The number of amides is 3. The molecule has 262 valence electrons. The van der Waals surface area contributed by atoms with Crippen LogP contribution in [0.4, 0.5) is 5.69 Å². The molecule has 14 heteroatoms. The van der Waals surface area contributed by atoms with Crippen LogP contribution >= 0.6 is 11.6 Å². The van der Waals surface area contributed by atoms with Crippen molar-refractivity contribution in [2.45, 2.75) is 26.3 Å². The van der Waals surface area contributed by atoms with Crippen molar-refractivity contribution in [1.82, 2.24) is 29.1 Å². The number of carbonyl (C=O) groups excluding carboxylic acids is 3. The van der Waals surface area contributed by atoms with E-state index in [2.05, 4.69) is 29.5 Å². The van der Waals surface area contributed by atoms with Crippen LogP contribution in [-0.2, 0) is 23.2 Å². The number of piperazine rings is 1. The van der Waals surface area contributed by atoms with Crippen LogP contribution in [0.5, 0.6) is 0 Å². The molecule has 2 aromatic heterocycles. The molecular formula is C36H42ClN8O5+. The Labute approximate surface area is 295 Å². The zero-order valence-electron chi connectivity index (χ0n) is 28.7. The van der Waals surface area contributed by atoms with Gasteiger partial charge >= 0.3 is 5.97 Å². The first-order chi connectivity index (χ1) is 23.8. The van der Waals surface area contributed by atoms with Crippen molar-refractivity contribution >= 4 is 41.0 Å². The number of rotatable bonds is 8. The normalized spacial score (nSPS) is 16.3. The van der Waals surface area contributed by atoms with Gasteiger partial charge < -0.3 is 29.3 Å². The molecule has 0 bridgehead atoms. The molecule has 4 aromatic rings. The van der Waals surface area contributed by atoms with Gasteiger partial charge in [-0.2, -0.15) is 5.10 Å². The molecule has 2 aromatic carbocycles. The van der Waals surface area contributed by atoms with E-state index in [0.717, 1.165) is 58.5 Å². The number of nitrogens with one attached hydrogen (secondary N) is 1. The number of carboxylic acid groups (broad SMARTS) is 1. The number of imidazole rings is 1. The fraction of sp³-hybridized carbons (Fsp3) is 0.389. The lowest BCUT2D eigenvalue weighted by Crippen LogP contribution is -2.54. The Hall–Kier alpha value is -5.01. The van der Waals surface area contributed by atoms with Crippen LogP contribution in [0.2, 0.25) is 5.02 Å². The molecule has 0 spiro atoms. The third-order valence-electron chi connectivity index (χ3n) is 9.78. The monoisotopic (exact) mass is 701 g/mol. The number of halogens is 1. The third-order valence-corrected chi connectivity index (χ3v) is 10.1. The summed E-state index contributed by atoms with van der Waals surface area (Å²) in [6.07, 6.45) is 5.12. The highest BCUT2D eigenvalue weighted by atomic mass is 35.5. The number of hydrogen-bond acceptors (Lipinski definition) is 6. The van der Waals surface area contributed by atoms with E-state index < -0.39 is 11.9 Å². The highest BCUT2D eigenvalue weighted by Gasteiger charge is 2.35. The Morgan fingerprint density at radius 1 is 0.960 bits per heavy atom. The van der Waals surface area contributed by atoms with Gasteiger partial charge in [-0.15, -0.1) is 0 Å². The predicted molar refractivity (Wildman–Crippen MR) is 189 cm³/mol. The number of quaternary nitrogens is 1. The SMILES string of the molecule is Cc1nn(CC(=O)O)cc1-c1ccc(-c2cnc(C(=O)Nc3ccc(C(=O)N4CCN(C(=O)C5CC[N+](C)(C)CC5)CC4)c(Cl)c3)n2C)cc1. The number of anilines is 1. The number of hydrogen-bond donors (Lipinski definition) is 2. The molecule has 50 heavy (non-hydrogen) atoms. The molecular weight excluding hydrogens is 660 g/mol. The van der Waals surface area contributed by atoms with E-state index in [1.165, 1.54) is 4.68 Å². The van der Waals surface area contributed by atoms with Crippen molar-refractivity contribution in [2.75, 3.05) is 58.7 Å². The molecule has 0 atom stereocenters. The molecule has 0 saturated carbocycles. The fourth-order valence-electron chi connectivity index (χ4n) is 6.76. The molecule has 4 heterocycles. The van der Waals surface area contributed by atoms with Gasteiger partial charge in [0.05, 0.1) is 55.4 Å². The second-order valence-electron chi connectivity index (χ2n) is 13.7. The molecule has 0 unspecified atom stereocenters. The van der Waals surface area contributed by atoms with E-state index in [0.29, 0.717) is 37.4 Å². The molecule has 13 nitrogen and oxygen atoms in total. The number of carbonyl (C=O) groups is 4. The van der Waals surface area contributed by atoms with Crippen molar-refractivity contribution in [2.24, 2.45) is 13.0 Å². The van der Waals surface area contributed by atoms with Crippen molar-refractivity contribution in [3.8, 4) is 22.4 Å². The molecule has 2 aliphatic heterocycles. The second-order valence-corrected chi connectivity index (χ2v) is 14.2. The number of benzene rings is 2. The standard InChI is InChI=1S/C36H41ClN8O5/c1-23-29(21-44(40-23)22-32(46)47)24-5-7-25(8-6-24)31-20-38-33(41(31)2)34(48)39-27-9-10-28(30(37)19-27)36(50)43-15-13-42(14-16-43)35(49)26-11-17-45(3,4)18-12-26/h5-10,19-21,26H,11-18,22H2,1-4H3,(H-,39,46,47,48,50)/p+1. The summed E-state index contributed by atoms with van der Waals surface area (Å²) in [4.78, 5) is 58.8. The first-order valence-electron chi connectivity index (χ1n) is 16.7. The van der Waals surface area contributed by atoms with Gasteiger partial charge in [-0.05, 0) is 36.2 Å². The number of aliphatic carboxylic acids is 1. The first-order valence-corrected chi connectivity index (χ1v) is 17.1. The van der Waals surface area contributed by atoms with Gasteiger partial charge in [0.15, 0.2) is 5.82 Å². The lowest BCUT2D eigenvalue weighted by atomic mass is 9.94. The zero-order valence-corrected chi connectivity index (χ0v) is 29.5. The van der Waals surface area contributed by atoms with E-state index in [9.17, 15) is 19.2 Å². The minimum Gasteiger partial charge on any atom is -0.480 e. The molecule has 2 N–H and O–H groups in total. The van der Waals surface area contributed by atoms with Gasteiger partial charge in [0.1, 0.15) is 6.54 Å². The summed E-state index contributed by atoms with van der Waals surface area (Å²) in [5.41, 5.74) is 4.77. The van der Waals surface area contributed by atoms with Crippen LogP contribution in [0.1, 0.15) is 39.5 Å². The van der Waals surface area contributed by atoms with Crippen molar-refractivity contribution in [3.63, 3.8) is 0 Å². The molecule has 0 aliphatic carbocycles. The van der Waals surface area contributed by atoms with Crippen LogP contribution in [-0.4, -0.2) is 116 Å². The van der Waals surface area contributed by atoms with Gasteiger partial charge in [-0.25, -0.2) is 4.98 Å². The number of piperidine rings is 1. The van der Waals surface area contributed by atoms with Crippen LogP contribution in [0.15, 0.2) is 54.9 Å². The van der Waals surface area contributed by atoms with Gasteiger partial charge in [0.25, 0.3) is 11.8 Å². The van der Waals surface area contributed by atoms with Crippen LogP contribution in [0, 0.1) is 12.8 Å². The number of carboxylic acids is 1. The topological polar surface area (TPSA) is 143 Å². The minimum absolute atomic E-state index is 0.0608. The van der Waals surface area contributed by atoms with Crippen LogP contribution in [0.25, 0.3) is 22.4 Å². The maximum absolute atomic E-state index is 13.4. The van der Waals surface area contributed by atoms with Crippen molar-refractivity contribution in [3.05, 3.63) is 77.0 Å². The fourth-order valence-corrected chi connectivity index (χ4v) is 7.02. The van der Waals surface area contributed by atoms with E-state index in [1.807, 2.05) is 36.1 Å².